The Bertz CT molecular complexity index is 430. The highest BCUT2D eigenvalue weighted by Gasteiger charge is 2.05. The molecular formula is C17H34IN5. The van der Waals surface area contributed by atoms with Crippen LogP contribution in [0.5, 0.6) is 0 Å². The molecule has 0 saturated heterocycles. The van der Waals surface area contributed by atoms with E-state index in [4.69, 9.17) is 0 Å². The molecule has 0 spiro atoms. The Kier molecular flexibility index (Phi) is 13.2. The molecule has 134 valence electrons. The van der Waals surface area contributed by atoms with Gasteiger partial charge in [-0.15, -0.1) is 24.0 Å². The summed E-state index contributed by atoms with van der Waals surface area (Å²) >= 11 is 0. The molecule has 1 rings (SSSR count). The smallest absolute Gasteiger partial charge is 0.191 e. The molecule has 3 N–H and O–H groups in total. The van der Waals surface area contributed by atoms with Crippen molar-refractivity contribution in [1.82, 2.24) is 20.8 Å². The van der Waals surface area contributed by atoms with E-state index >= 15 is 0 Å². The number of aromatic amines is 1. The van der Waals surface area contributed by atoms with Gasteiger partial charge in [-0.05, 0) is 45.6 Å². The number of hydrogen-bond acceptors (Lipinski definition) is 2. The normalized spacial score (nSPS) is 12.6. The summed E-state index contributed by atoms with van der Waals surface area (Å²) in [7, 11) is 0. The third-order valence-corrected chi connectivity index (χ3v) is 3.78. The summed E-state index contributed by atoms with van der Waals surface area (Å²) in [6.07, 6.45) is 9.05. The van der Waals surface area contributed by atoms with Gasteiger partial charge in [-0.2, -0.15) is 5.10 Å². The van der Waals surface area contributed by atoms with Crippen molar-refractivity contribution in [3.63, 3.8) is 0 Å². The van der Waals surface area contributed by atoms with E-state index in [0.717, 1.165) is 31.9 Å². The van der Waals surface area contributed by atoms with Crippen molar-refractivity contribution in [1.29, 1.82) is 0 Å². The summed E-state index contributed by atoms with van der Waals surface area (Å²) in [5.41, 5.74) is 2.46. The zero-order valence-corrected chi connectivity index (χ0v) is 17.4. The molecular weight excluding hydrogens is 401 g/mol. The van der Waals surface area contributed by atoms with Crippen LogP contribution in [-0.2, 0) is 6.42 Å². The molecule has 1 aromatic rings. The summed E-state index contributed by atoms with van der Waals surface area (Å²) in [6, 6.07) is 0.473. The first-order chi connectivity index (χ1) is 10.7. The number of H-pyrrole nitrogens is 1. The third kappa shape index (κ3) is 9.84. The lowest BCUT2D eigenvalue weighted by Gasteiger charge is -2.17. The second-order valence-corrected chi connectivity index (χ2v) is 5.93. The molecule has 0 aliphatic carbocycles. The average molecular weight is 435 g/mol. The highest BCUT2D eigenvalue weighted by atomic mass is 127. The average Bonchev–Trinajstić information content (AvgIpc) is 2.89. The Labute approximate surface area is 158 Å². The fourth-order valence-corrected chi connectivity index (χ4v) is 2.41. The molecule has 0 aromatic carbocycles. The van der Waals surface area contributed by atoms with Crippen molar-refractivity contribution >= 4 is 29.9 Å². The molecule has 0 bridgehead atoms. The van der Waals surface area contributed by atoms with Crippen LogP contribution in [-0.4, -0.2) is 35.3 Å². The minimum absolute atomic E-state index is 0. The Balaban J connectivity index is 0.00000484. The van der Waals surface area contributed by atoms with Crippen molar-refractivity contribution in [3.8, 4) is 0 Å². The molecule has 5 nitrogen and oxygen atoms in total. The quantitative estimate of drug-likeness (QED) is 0.227. The van der Waals surface area contributed by atoms with Gasteiger partial charge in [0.1, 0.15) is 0 Å². The van der Waals surface area contributed by atoms with Gasteiger partial charge in [0.25, 0.3) is 0 Å². The molecule has 1 heterocycles. The largest absolute Gasteiger partial charge is 0.357 e. The summed E-state index contributed by atoms with van der Waals surface area (Å²) in [5, 5.41) is 13.9. The van der Waals surface area contributed by atoms with E-state index in [2.05, 4.69) is 53.5 Å². The van der Waals surface area contributed by atoms with E-state index in [9.17, 15) is 0 Å². The summed E-state index contributed by atoms with van der Waals surface area (Å²) in [5.74, 6) is 0.940. The fraction of sp³-hybridized carbons (Fsp3) is 0.765. The van der Waals surface area contributed by atoms with E-state index in [1.54, 1.807) is 0 Å². The zero-order chi connectivity index (χ0) is 16.2. The summed E-state index contributed by atoms with van der Waals surface area (Å²) in [4.78, 5) is 4.67. The maximum Gasteiger partial charge on any atom is 0.191 e. The number of nitrogens with one attached hydrogen (secondary N) is 3. The minimum Gasteiger partial charge on any atom is -0.357 e. The van der Waals surface area contributed by atoms with Gasteiger partial charge >= 0.3 is 0 Å². The Hall–Kier alpha value is -0.790. The van der Waals surface area contributed by atoms with E-state index in [1.807, 2.05) is 6.20 Å². The van der Waals surface area contributed by atoms with Crippen LogP contribution in [0.3, 0.4) is 0 Å². The summed E-state index contributed by atoms with van der Waals surface area (Å²) < 4.78 is 0. The van der Waals surface area contributed by atoms with Crippen molar-refractivity contribution < 1.29 is 0 Å². The lowest BCUT2D eigenvalue weighted by Crippen LogP contribution is -2.42. The molecule has 23 heavy (non-hydrogen) atoms. The molecule has 1 aromatic heterocycles. The summed E-state index contributed by atoms with van der Waals surface area (Å²) in [6.45, 7) is 10.4. The zero-order valence-electron chi connectivity index (χ0n) is 15.1. The highest BCUT2D eigenvalue weighted by molar-refractivity contribution is 14.0. The standard InChI is InChI=1S/C17H33N5.HI/c1-5-7-8-10-14(3)21-17(18-6-2)19-12-9-11-16-13-20-22-15(16)4;/h13-14H,5-12H2,1-4H3,(H,20,22)(H2,18,19,21);1H. The molecule has 0 fully saturated rings. The van der Waals surface area contributed by atoms with Gasteiger partial charge in [0.05, 0.1) is 6.20 Å². The van der Waals surface area contributed by atoms with E-state index in [-0.39, 0.29) is 24.0 Å². The first-order valence-electron chi connectivity index (χ1n) is 8.71. The van der Waals surface area contributed by atoms with E-state index < -0.39 is 0 Å². The van der Waals surface area contributed by atoms with Crippen molar-refractivity contribution in [3.05, 3.63) is 17.5 Å². The van der Waals surface area contributed by atoms with Crippen LogP contribution in [0, 0.1) is 6.92 Å². The first kappa shape index (κ1) is 22.2. The number of rotatable bonds is 10. The van der Waals surface area contributed by atoms with Crippen molar-refractivity contribution in [2.24, 2.45) is 4.99 Å². The molecule has 6 heteroatoms. The third-order valence-electron chi connectivity index (χ3n) is 3.78. The molecule has 0 radical (unpaired) electrons. The van der Waals surface area contributed by atoms with E-state index in [0.29, 0.717) is 6.04 Å². The molecule has 1 unspecified atom stereocenters. The molecule has 0 amide bonds. The molecule has 0 aliphatic rings. The highest BCUT2D eigenvalue weighted by Crippen LogP contribution is 2.06. The Morgan fingerprint density at radius 2 is 2.09 bits per heavy atom. The second-order valence-electron chi connectivity index (χ2n) is 5.93. The predicted molar refractivity (Wildman–Crippen MR) is 110 cm³/mol. The number of unbranched alkanes of at least 4 members (excludes halogenated alkanes) is 2. The van der Waals surface area contributed by atoms with Gasteiger partial charge in [-0.1, -0.05) is 26.2 Å². The monoisotopic (exact) mass is 435 g/mol. The number of guanidine groups is 1. The maximum absolute atomic E-state index is 4.67. The van der Waals surface area contributed by atoms with Crippen LogP contribution in [0.2, 0.25) is 0 Å². The van der Waals surface area contributed by atoms with Gasteiger partial charge in [0.15, 0.2) is 5.96 Å². The van der Waals surface area contributed by atoms with Gasteiger partial charge in [0.2, 0.25) is 0 Å². The van der Waals surface area contributed by atoms with Gasteiger partial charge in [0, 0.05) is 24.8 Å². The number of halogens is 1. The van der Waals surface area contributed by atoms with E-state index in [1.165, 1.54) is 36.9 Å². The van der Waals surface area contributed by atoms with Crippen molar-refractivity contribution in [2.75, 3.05) is 13.1 Å². The number of hydrogen-bond donors (Lipinski definition) is 3. The minimum atomic E-state index is 0. The Morgan fingerprint density at radius 1 is 1.30 bits per heavy atom. The van der Waals surface area contributed by atoms with Gasteiger partial charge in [-0.3, -0.25) is 10.1 Å². The van der Waals surface area contributed by atoms with Crippen LogP contribution < -0.4 is 10.6 Å². The Morgan fingerprint density at radius 3 is 2.70 bits per heavy atom. The predicted octanol–water partition coefficient (Wildman–Crippen LogP) is 3.79. The topological polar surface area (TPSA) is 65.1 Å². The molecule has 0 aliphatic heterocycles. The van der Waals surface area contributed by atoms with Crippen LogP contribution in [0.1, 0.15) is 64.1 Å². The van der Waals surface area contributed by atoms with Crippen molar-refractivity contribution in [2.45, 2.75) is 72.3 Å². The fourth-order valence-electron chi connectivity index (χ4n) is 2.41. The van der Waals surface area contributed by atoms with Crippen LogP contribution in [0.4, 0.5) is 0 Å². The SMILES string of the molecule is CCCCCC(C)NC(=NCCCc1cn[nH]c1C)NCC.I. The number of nitrogens with zero attached hydrogens (tertiary/aromatic N) is 2. The number of aromatic nitrogens is 2. The van der Waals surface area contributed by atoms with Crippen LogP contribution in [0.25, 0.3) is 0 Å². The maximum atomic E-state index is 4.67. The van der Waals surface area contributed by atoms with Crippen LogP contribution in [0.15, 0.2) is 11.2 Å². The lowest BCUT2D eigenvalue weighted by molar-refractivity contribution is 0.546. The van der Waals surface area contributed by atoms with Crippen LogP contribution >= 0.6 is 24.0 Å². The van der Waals surface area contributed by atoms with Gasteiger partial charge in [-0.25, -0.2) is 0 Å². The first-order valence-corrected chi connectivity index (χ1v) is 8.71. The number of aliphatic imine (C=N–C) groups is 1. The molecule has 0 saturated carbocycles. The molecule has 1 atom stereocenters. The number of aryl methyl sites for hydroxylation is 2. The lowest BCUT2D eigenvalue weighted by atomic mass is 10.1. The second kappa shape index (κ2) is 13.6. The van der Waals surface area contributed by atoms with Gasteiger partial charge < -0.3 is 10.6 Å².